The molecule has 2 aromatic rings. The van der Waals surface area contributed by atoms with Crippen molar-refractivity contribution in [3.63, 3.8) is 0 Å². The smallest absolute Gasteiger partial charge is 0.240 e. The number of carbonyl (C=O) groups is 2. The summed E-state index contributed by atoms with van der Waals surface area (Å²) in [7, 11) is 0. The number of thiophene rings is 1. The molecule has 0 saturated carbocycles. The maximum absolute atomic E-state index is 12.8. The highest BCUT2D eigenvalue weighted by atomic mass is 32.1. The van der Waals surface area contributed by atoms with Gasteiger partial charge in [0.1, 0.15) is 6.54 Å². The van der Waals surface area contributed by atoms with Crippen molar-refractivity contribution in [1.82, 2.24) is 5.32 Å². The Balaban J connectivity index is 1.90. The Bertz CT molecular complexity index is 799. The van der Waals surface area contributed by atoms with E-state index >= 15 is 0 Å². The first kappa shape index (κ1) is 17.4. The highest BCUT2D eigenvalue weighted by molar-refractivity contribution is 7.12. The maximum Gasteiger partial charge on any atom is 0.240 e. The molecule has 0 spiro atoms. The molecule has 1 unspecified atom stereocenters. The minimum absolute atomic E-state index is 0.00737. The molecule has 5 nitrogen and oxygen atoms in total. The molecule has 2 heterocycles. The number of fused-ring (bicyclic) bond motifs is 1. The number of carbonyl (C=O) groups excluding carboxylic acids is 2. The van der Waals surface area contributed by atoms with Gasteiger partial charge in [0.15, 0.2) is 0 Å². The first-order valence-corrected chi connectivity index (χ1v) is 9.26. The van der Waals surface area contributed by atoms with Gasteiger partial charge >= 0.3 is 0 Å². The predicted molar refractivity (Wildman–Crippen MR) is 102 cm³/mol. The molecule has 1 aromatic heterocycles. The lowest BCUT2D eigenvalue weighted by Crippen LogP contribution is -2.43. The summed E-state index contributed by atoms with van der Waals surface area (Å²) in [6.07, 6.45) is 1.04. The summed E-state index contributed by atoms with van der Waals surface area (Å²) < 4.78 is 0. The van der Waals surface area contributed by atoms with Crippen LogP contribution in [0.15, 0.2) is 46.8 Å². The number of benzene rings is 1. The average molecular weight is 355 g/mol. The monoisotopic (exact) mass is 355 g/mol. The van der Waals surface area contributed by atoms with Gasteiger partial charge in [-0.3, -0.25) is 9.59 Å². The second-order valence-corrected chi connectivity index (χ2v) is 7.01. The molecule has 0 bridgehead atoms. The normalized spacial score (nSPS) is 15.2. The highest BCUT2D eigenvalue weighted by Gasteiger charge is 2.27. The molecular formula is C19H21N3O2S. The third-order valence-corrected chi connectivity index (χ3v) is 5.09. The zero-order chi connectivity index (χ0) is 17.8. The van der Waals surface area contributed by atoms with Crippen LogP contribution >= 0.6 is 11.3 Å². The summed E-state index contributed by atoms with van der Waals surface area (Å²) in [6, 6.07) is 11.5. The second kappa shape index (κ2) is 7.61. The summed E-state index contributed by atoms with van der Waals surface area (Å²) in [6.45, 7) is 3.97. The fourth-order valence-electron chi connectivity index (χ4n) is 2.67. The maximum atomic E-state index is 12.8. The molecule has 1 N–H and O–H groups in total. The van der Waals surface area contributed by atoms with E-state index in [1.54, 1.807) is 11.3 Å². The number of para-hydroxylation sites is 2. The Morgan fingerprint density at radius 1 is 1.32 bits per heavy atom. The molecule has 1 aliphatic rings. The quantitative estimate of drug-likeness (QED) is 0.892. The van der Waals surface area contributed by atoms with Gasteiger partial charge in [0, 0.05) is 10.9 Å². The molecule has 2 amide bonds. The standard InChI is InChI=1S/C19H21N3O2S/c1-3-13(2)20-18(23)12-22-16-8-5-4-7-14(16)21-15(11-19(22)24)17-9-6-10-25-17/h4-10,13H,3,11-12H2,1-2H3,(H,20,23). The number of anilines is 1. The van der Waals surface area contributed by atoms with Crippen molar-refractivity contribution in [3.05, 3.63) is 46.7 Å². The van der Waals surface area contributed by atoms with E-state index in [2.05, 4.69) is 5.32 Å². The van der Waals surface area contributed by atoms with E-state index in [4.69, 9.17) is 4.99 Å². The zero-order valence-corrected chi connectivity index (χ0v) is 15.2. The van der Waals surface area contributed by atoms with E-state index in [1.807, 2.05) is 55.6 Å². The molecule has 0 saturated heterocycles. The van der Waals surface area contributed by atoms with Crippen LogP contribution in [-0.2, 0) is 9.59 Å². The van der Waals surface area contributed by atoms with E-state index in [-0.39, 0.29) is 30.8 Å². The van der Waals surface area contributed by atoms with E-state index in [9.17, 15) is 9.59 Å². The van der Waals surface area contributed by atoms with E-state index in [1.165, 1.54) is 4.90 Å². The van der Waals surface area contributed by atoms with Crippen LogP contribution in [0, 0.1) is 0 Å². The van der Waals surface area contributed by atoms with Gasteiger partial charge in [-0.05, 0) is 36.9 Å². The molecule has 1 atom stereocenters. The van der Waals surface area contributed by atoms with Crippen molar-refractivity contribution in [2.75, 3.05) is 11.4 Å². The summed E-state index contributed by atoms with van der Waals surface area (Å²) in [4.78, 5) is 32.4. The van der Waals surface area contributed by atoms with Gasteiger partial charge in [-0.25, -0.2) is 4.99 Å². The Hall–Kier alpha value is -2.47. The Kier molecular flexibility index (Phi) is 5.28. The van der Waals surface area contributed by atoms with Gasteiger partial charge < -0.3 is 10.2 Å². The molecule has 6 heteroatoms. The van der Waals surface area contributed by atoms with E-state index in [0.717, 1.165) is 17.0 Å². The van der Waals surface area contributed by atoms with Crippen molar-refractivity contribution < 1.29 is 9.59 Å². The van der Waals surface area contributed by atoms with Crippen LogP contribution in [0.5, 0.6) is 0 Å². The molecule has 1 aromatic carbocycles. The van der Waals surface area contributed by atoms with Gasteiger partial charge in [-0.15, -0.1) is 11.3 Å². The molecule has 0 fully saturated rings. The molecule has 130 valence electrons. The Morgan fingerprint density at radius 3 is 2.84 bits per heavy atom. The third kappa shape index (κ3) is 3.96. The largest absolute Gasteiger partial charge is 0.352 e. The molecule has 3 rings (SSSR count). The fourth-order valence-corrected chi connectivity index (χ4v) is 3.38. The van der Waals surface area contributed by atoms with Crippen LogP contribution in [0.1, 0.15) is 31.6 Å². The summed E-state index contributed by atoms with van der Waals surface area (Å²) >= 11 is 1.56. The number of amides is 2. The van der Waals surface area contributed by atoms with Crippen LogP contribution in [0.4, 0.5) is 11.4 Å². The lowest BCUT2D eigenvalue weighted by atomic mass is 10.2. The molecule has 1 aliphatic heterocycles. The highest BCUT2D eigenvalue weighted by Crippen LogP contribution is 2.33. The molecular weight excluding hydrogens is 334 g/mol. The average Bonchev–Trinajstić information content (AvgIpc) is 3.10. The Morgan fingerprint density at radius 2 is 2.12 bits per heavy atom. The SMILES string of the molecule is CCC(C)NC(=O)CN1C(=O)CC(c2cccs2)=Nc2ccccc21. The van der Waals surface area contributed by atoms with Crippen LogP contribution in [-0.4, -0.2) is 30.1 Å². The fraction of sp³-hybridized carbons (Fsp3) is 0.316. The number of nitrogens with one attached hydrogen (secondary N) is 1. The van der Waals surface area contributed by atoms with Gasteiger partial charge in [0.2, 0.25) is 11.8 Å². The van der Waals surface area contributed by atoms with Crippen LogP contribution in [0.3, 0.4) is 0 Å². The number of hydrogen-bond donors (Lipinski definition) is 1. The summed E-state index contributed by atoms with van der Waals surface area (Å²) in [5, 5.41) is 4.89. The molecule has 0 aliphatic carbocycles. The second-order valence-electron chi connectivity index (χ2n) is 6.06. The first-order valence-electron chi connectivity index (χ1n) is 8.38. The van der Waals surface area contributed by atoms with Crippen molar-refractivity contribution >= 4 is 40.2 Å². The third-order valence-electron chi connectivity index (χ3n) is 4.17. The number of nitrogens with zero attached hydrogens (tertiary/aromatic N) is 2. The topological polar surface area (TPSA) is 61.8 Å². The molecule has 0 radical (unpaired) electrons. The van der Waals surface area contributed by atoms with E-state index in [0.29, 0.717) is 11.4 Å². The van der Waals surface area contributed by atoms with Crippen molar-refractivity contribution in [1.29, 1.82) is 0 Å². The minimum Gasteiger partial charge on any atom is -0.352 e. The van der Waals surface area contributed by atoms with Crippen LogP contribution in [0.25, 0.3) is 0 Å². The van der Waals surface area contributed by atoms with Gasteiger partial charge in [0.25, 0.3) is 0 Å². The summed E-state index contributed by atoms with van der Waals surface area (Å²) in [5.41, 5.74) is 2.14. The van der Waals surface area contributed by atoms with Crippen molar-refractivity contribution in [3.8, 4) is 0 Å². The van der Waals surface area contributed by atoms with Crippen molar-refractivity contribution in [2.24, 2.45) is 4.99 Å². The van der Waals surface area contributed by atoms with Crippen LogP contribution < -0.4 is 10.2 Å². The van der Waals surface area contributed by atoms with Gasteiger partial charge in [-0.1, -0.05) is 25.1 Å². The first-order chi connectivity index (χ1) is 12.1. The number of aliphatic imine (C=N–C) groups is 1. The van der Waals surface area contributed by atoms with Gasteiger partial charge in [0.05, 0.1) is 23.5 Å². The van der Waals surface area contributed by atoms with E-state index < -0.39 is 0 Å². The number of hydrogen-bond acceptors (Lipinski definition) is 4. The molecule has 25 heavy (non-hydrogen) atoms. The lowest BCUT2D eigenvalue weighted by molar-refractivity contribution is -0.123. The van der Waals surface area contributed by atoms with Crippen LogP contribution in [0.2, 0.25) is 0 Å². The Labute approximate surface area is 151 Å². The zero-order valence-electron chi connectivity index (χ0n) is 14.4. The lowest BCUT2D eigenvalue weighted by Gasteiger charge is -2.23. The minimum atomic E-state index is -0.155. The van der Waals surface area contributed by atoms with Crippen molar-refractivity contribution in [2.45, 2.75) is 32.7 Å². The van der Waals surface area contributed by atoms with Gasteiger partial charge in [-0.2, -0.15) is 0 Å². The predicted octanol–water partition coefficient (Wildman–Crippen LogP) is 3.52. The number of rotatable bonds is 5. The summed E-state index contributed by atoms with van der Waals surface area (Å²) in [5.74, 6) is -0.270.